The normalized spacial score (nSPS) is 9.80. The maximum absolute atomic E-state index is 13.2. The molecule has 82 valence electrons. The van der Waals surface area contributed by atoms with Crippen molar-refractivity contribution in [3.8, 4) is 11.5 Å². The third-order valence-corrected chi connectivity index (χ3v) is 1.78. The van der Waals surface area contributed by atoms with Gasteiger partial charge >= 0.3 is 5.97 Å². The maximum Gasteiger partial charge on any atom is 0.338 e. The number of halogens is 1. The summed E-state index contributed by atoms with van der Waals surface area (Å²) >= 11 is 0. The molecule has 0 saturated heterocycles. The summed E-state index contributed by atoms with van der Waals surface area (Å²) in [6, 6.07) is 2.11. The monoisotopic (exact) mass is 214 g/mol. The minimum absolute atomic E-state index is 0.197. The van der Waals surface area contributed by atoms with E-state index in [1.54, 1.807) is 6.92 Å². The molecule has 0 heterocycles. The maximum atomic E-state index is 13.2. The second kappa shape index (κ2) is 4.63. The van der Waals surface area contributed by atoms with E-state index in [9.17, 15) is 9.18 Å². The van der Waals surface area contributed by atoms with Crippen LogP contribution in [0.2, 0.25) is 0 Å². The summed E-state index contributed by atoms with van der Waals surface area (Å²) in [6.07, 6.45) is 0. The molecule has 1 aromatic carbocycles. The molecule has 1 rings (SSSR count). The Bertz CT molecular complexity index is 376. The van der Waals surface area contributed by atoms with Gasteiger partial charge in [-0.25, -0.2) is 9.18 Å². The Balaban J connectivity index is 3.22. The molecule has 15 heavy (non-hydrogen) atoms. The molecule has 1 aromatic rings. The highest BCUT2D eigenvalue weighted by Crippen LogP contribution is 2.30. The Hall–Kier alpha value is -1.78. The van der Waals surface area contributed by atoms with Crippen LogP contribution in [-0.4, -0.2) is 24.8 Å². The van der Waals surface area contributed by atoms with Gasteiger partial charge in [0.1, 0.15) is 5.82 Å². The van der Waals surface area contributed by atoms with Gasteiger partial charge < -0.3 is 14.6 Å². The first-order valence-electron chi connectivity index (χ1n) is 4.33. The van der Waals surface area contributed by atoms with Crippen LogP contribution in [0.3, 0.4) is 0 Å². The number of carbonyl (C=O) groups is 1. The van der Waals surface area contributed by atoms with Crippen LogP contribution < -0.4 is 9.47 Å². The largest absolute Gasteiger partial charge is 0.493 e. The van der Waals surface area contributed by atoms with Crippen molar-refractivity contribution in [2.45, 2.75) is 6.92 Å². The van der Waals surface area contributed by atoms with E-state index < -0.39 is 17.3 Å². The number of carboxylic acid groups (broad SMARTS) is 1. The van der Waals surface area contributed by atoms with E-state index in [0.29, 0.717) is 6.61 Å². The van der Waals surface area contributed by atoms with Gasteiger partial charge in [-0.1, -0.05) is 0 Å². The lowest BCUT2D eigenvalue weighted by Crippen LogP contribution is -2.03. The molecular weight excluding hydrogens is 203 g/mol. The van der Waals surface area contributed by atoms with Crippen LogP contribution in [0.4, 0.5) is 4.39 Å². The van der Waals surface area contributed by atoms with Crippen molar-refractivity contribution < 1.29 is 23.8 Å². The van der Waals surface area contributed by atoms with Crippen molar-refractivity contribution in [2.24, 2.45) is 0 Å². The van der Waals surface area contributed by atoms with Gasteiger partial charge in [-0.15, -0.1) is 0 Å². The Morgan fingerprint density at radius 3 is 2.60 bits per heavy atom. The first kappa shape index (κ1) is 11.3. The highest BCUT2D eigenvalue weighted by molar-refractivity contribution is 5.88. The van der Waals surface area contributed by atoms with Crippen LogP contribution in [0.15, 0.2) is 12.1 Å². The summed E-state index contributed by atoms with van der Waals surface area (Å²) in [4.78, 5) is 10.6. The lowest BCUT2D eigenvalue weighted by molar-refractivity contribution is 0.0691. The molecule has 0 aromatic heterocycles. The number of hydrogen-bond acceptors (Lipinski definition) is 3. The SMILES string of the molecule is CCOc1cc(F)c(C(=O)O)cc1OC. The molecule has 0 spiro atoms. The lowest BCUT2D eigenvalue weighted by atomic mass is 10.2. The van der Waals surface area contributed by atoms with E-state index in [-0.39, 0.29) is 11.5 Å². The molecule has 0 radical (unpaired) electrons. The minimum atomic E-state index is -1.34. The van der Waals surface area contributed by atoms with Gasteiger partial charge in [-0.3, -0.25) is 0 Å². The van der Waals surface area contributed by atoms with Gasteiger partial charge in [0.2, 0.25) is 0 Å². The second-order valence-corrected chi connectivity index (χ2v) is 2.72. The fraction of sp³-hybridized carbons (Fsp3) is 0.300. The molecule has 0 fully saturated rings. The number of ether oxygens (including phenoxy) is 2. The number of rotatable bonds is 4. The van der Waals surface area contributed by atoms with Crippen molar-refractivity contribution in [2.75, 3.05) is 13.7 Å². The number of aromatic carboxylic acids is 1. The fourth-order valence-corrected chi connectivity index (χ4v) is 1.13. The van der Waals surface area contributed by atoms with E-state index >= 15 is 0 Å². The van der Waals surface area contributed by atoms with E-state index in [0.717, 1.165) is 12.1 Å². The average Bonchev–Trinajstić information content (AvgIpc) is 2.18. The van der Waals surface area contributed by atoms with Crippen LogP contribution >= 0.6 is 0 Å². The summed E-state index contributed by atoms with van der Waals surface area (Å²) in [5, 5.41) is 8.67. The van der Waals surface area contributed by atoms with Gasteiger partial charge in [-0.2, -0.15) is 0 Å². The molecule has 0 atom stereocenters. The fourth-order valence-electron chi connectivity index (χ4n) is 1.13. The molecule has 0 unspecified atom stereocenters. The van der Waals surface area contributed by atoms with E-state index in [4.69, 9.17) is 14.6 Å². The summed E-state index contributed by atoms with van der Waals surface area (Å²) in [6.45, 7) is 2.09. The number of carboxylic acids is 1. The van der Waals surface area contributed by atoms with Crippen molar-refractivity contribution in [1.82, 2.24) is 0 Å². The highest BCUT2D eigenvalue weighted by atomic mass is 19.1. The number of hydrogen-bond donors (Lipinski definition) is 1. The van der Waals surface area contributed by atoms with Crippen LogP contribution in [0.25, 0.3) is 0 Å². The third kappa shape index (κ3) is 2.37. The Kier molecular flexibility index (Phi) is 3.49. The summed E-state index contributed by atoms with van der Waals surface area (Å²) < 4.78 is 23.2. The minimum Gasteiger partial charge on any atom is -0.493 e. The van der Waals surface area contributed by atoms with Gasteiger partial charge in [-0.05, 0) is 6.92 Å². The van der Waals surface area contributed by atoms with Gasteiger partial charge in [0.15, 0.2) is 11.5 Å². The van der Waals surface area contributed by atoms with Gasteiger partial charge in [0.25, 0.3) is 0 Å². The summed E-state index contributed by atoms with van der Waals surface area (Å²) in [5.41, 5.74) is -0.435. The smallest absolute Gasteiger partial charge is 0.338 e. The third-order valence-electron chi connectivity index (χ3n) is 1.78. The molecule has 0 aliphatic rings. The predicted molar refractivity (Wildman–Crippen MR) is 51.1 cm³/mol. The van der Waals surface area contributed by atoms with Crippen molar-refractivity contribution >= 4 is 5.97 Å². The topological polar surface area (TPSA) is 55.8 Å². The second-order valence-electron chi connectivity index (χ2n) is 2.72. The van der Waals surface area contributed by atoms with Gasteiger partial charge in [0.05, 0.1) is 19.3 Å². The molecule has 0 amide bonds. The quantitative estimate of drug-likeness (QED) is 0.832. The van der Waals surface area contributed by atoms with Crippen molar-refractivity contribution in [3.63, 3.8) is 0 Å². The first-order chi connectivity index (χ1) is 7.10. The molecule has 0 bridgehead atoms. The average molecular weight is 214 g/mol. The molecular formula is C10H11FO4. The molecule has 0 saturated carbocycles. The predicted octanol–water partition coefficient (Wildman–Crippen LogP) is 1.93. The Morgan fingerprint density at radius 2 is 2.13 bits per heavy atom. The highest BCUT2D eigenvalue weighted by Gasteiger charge is 2.16. The molecule has 0 aliphatic heterocycles. The Morgan fingerprint density at radius 1 is 1.47 bits per heavy atom. The van der Waals surface area contributed by atoms with E-state index in [1.807, 2.05) is 0 Å². The lowest BCUT2D eigenvalue weighted by Gasteiger charge is -2.10. The van der Waals surface area contributed by atoms with Crippen LogP contribution in [0.5, 0.6) is 11.5 Å². The standard InChI is InChI=1S/C10H11FO4/c1-3-15-9-5-7(11)6(10(12)13)4-8(9)14-2/h4-5H,3H2,1-2H3,(H,12,13). The first-order valence-corrected chi connectivity index (χ1v) is 4.33. The zero-order valence-corrected chi connectivity index (χ0v) is 8.41. The van der Waals surface area contributed by atoms with Crippen LogP contribution in [0.1, 0.15) is 17.3 Å². The summed E-state index contributed by atoms with van der Waals surface area (Å²) in [7, 11) is 1.36. The van der Waals surface area contributed by atoms with Crippen molar-refractivity contribution in [3.05, 3.63) is 23.5 Å². The molecule has 1 N–H and O–H groups in total. The van der Waals surface area contributed by atoms with Crippen molar-refractivity contribution in [1.29, 1.82) is 0 Å². The summed E-state index contributed by atoms with van der Waals surface area (Å²) in [5.74, 6) is -1.78. The zero-order valence-electron chi connectivity index (χ0n) is 8.41. The van der Waals surface area contributed by atoms with E-state index in [1.165, 1.54) is 7.11 Å². The number of methoxy groups -OCH3 is 1. The molecule has 4 nitrogen and oxygen atoms in total. The molecule has 0 aliphatic carbocycles. The Labute approximate surface area is 86.2 Å². The van der Waals surface area contributed by atoms with Gasteiger partial charge in [0, 0.05) is 12.1 Å². The molecule has 5 heteroatoms. The zero-order chi connectivity index (χ0) is 11.4. The van der Waals surface area contributed by atoms with Crippen LogP contribution in [0, 0.1) is 5.82 Å². The van der Waals surface area contributed by atoms with Crippen LogP contribution in [-0.2, 0) is 0 Å². The van der Waals surface area contributed by atoms with E-state index in [2.05, 4.69) is 0 Å². The number of benzene rings is 1.